The van der Waals surface area contributed by atoms with Gasteiger partial charge in [0, 0.05) is 12.5 Å². The van der Waals surface area contributed by atoms with Gasteiger partial charge in [-0.2, -0.15) is 0 Å². The highest BCUT2D eigenvalue weighted by Gasteiger charge is 2.57. The van der Waals surface area contributed by atoms with E-state index in [1.54, 1.807) is 0 Å². The summed E-state index contributed by atoms with van der Waals surface area (Å²) in [5, 5.41) is 14.1. The highest BCUT2D eigenvalue weighted by atomic mass is 16.3. The highest BCUT2D eigenvalue weighted by Crippen LogP contribution is 2.62. The van der Waals surface area contributed by atoms with Gasteiger partial charge in [0.1, 0.15) is 0 Å². The topological polar surface area (TPSA) is 49.3 Å². The molecule has 1 amide bonds. The van der Waals surface area contributed by atoms with Gasteiger partial charge in [0.15, 0.2) is 0 Å². The smallest absolute Gasteiger partial charge is 0.221 e. The molecule has 3 heteroatoms. The van der Waals surface area contributed by atoms with Crippen LogP contribution in [-0.4, -0.2) is 22.7 Å². The Morgan fingerprint density at radius 1 is 1.30 bits per heavy atom. The van der Waals surface area contributed by atoms with Crippen LogP contribution in [0.4, 0.5) is 0 Å². The van der Waals surface area contributed by atoms with Gasteiger partial charge in [0.2, 0.25) is 5.91 Å². The number of rotatable bonds is 4. The van der Waals surface area contributed by atoms with Crippen LogP contribution in [0.3, 0.4) is 0 Å². The van der Waals surface area contributed by atoms with E-state index in [1.807, 2.05) is 0 Å². The lowest BCUT2D eigenvalue weighted by Crippen LogP contribution is -2.56. The van der Waals surface area contributed by atoms with Gasteiger partial charge in [0.25, 0.3) is 0 Å². The van der Waals surface area contributed by atoms with Gasteiger partial charge in [-0.05, 0) is 88.4 Å². The minimum absolute atomic E-state index is 0.0869. The van der Waals surface area contributed by atoms with Crippen LogP contribution in [-0.2, 0) is 4.79 Å². The number of hydrogen-bond donors (Lipinski definition) is 2. The largest absolute Gasteiger partial charge is 0.390 e. The number of carbonyl (C=O) groups is 1. The van der Waals surface area contributed by atoms with Crippen LogP contribution < -0.4 is 5.32 Å². The van der Waals surface area contributed by atoms with Crippen molar-refractivity contribution < 1.29 is 9.90 Å². The Balaban J connectivity index is 1.40. The molecule has 5 aliphatic carbocycles. The third-order valence-corrected chi connectivity index (χ3v) is 6.95. The van der Waals surface area contributed by atoms with Crippen molar-refractivity contribution in [1.29, 1.82) is 0 Å². The van der Waals surface area contributed by atoms with Crippen LogP contribution in [0.5, 0.6) is 0 Å². The quantitative estimate of drug-likeness (QED) is 0.777. The summed E-state index contributed by atoms with van der Waals surface area (Å²) >= 11 is 0. The predicted molar refractivity (Wildman–Crippen MR) is 90.8 cm³/mol. The normalized spacial score (nSPS) is 43.1. The SMILES string of the molecule is CC(NC(=O)CC12CC3CC(CC(O)(C3)C1)C2)C1=CCCCC1. The Labute approximate surface area is 139 Å². The zero-order valence-electron chi connectivity index (χ0n) is 14.4. The molecule has 3 nitrogen and oxygen atoms in total. The van der Waals surface area contributed by atoms with E-state index >= 15 is 0 Å². The number of amides is 1. The molecule has 0 radical (unpaired) electrons. The summed E-state index contributed by atoms with van der Waals surface area (Å²) in [6.45, 7) is 2.13. The van der Waals surface area contributed by atoms with E-state index in [-0.39, 0.29) is 17.4 Å². The molecule has 23 heavy (non-hydrogen) atoms. The van der Waals surface area contributed by atoms with Gasteiger partial charge in [-0.1, -0.05) is 11.6 Å². The third-order valence-electron chi connectivity index (χ3n) is 6.95. The summed E-state index contributed by atoms with van der Waals surface area (Å²) in [5.74, 6) is 1.52. The van der Waals surface area contributed by atoms with Gasteiger partial charge >= 0.3 is 0 Å². The van der Waals surface area contributed by atoms with Crippen molar-refractivity contribution in [2.75, 3.05) is 0 Å². The molecular formula is C20H31NO2. The maximum absolute atomic E-state index is 12.7. The van der Waals surface area contributed by atoms with E-state index in [2.05, 4.69) is 18.3 Å². The van der Waals surface area contributed by atoms with Crippen LogP contribution in [0.25, 0.3) is 0 Å². The molecule has 4 bridgehead atoms. The second kappa shape index (κ2) is 5.61. The Bertz CT molecular complexity index is 510. The zero-order valence-corrected chi connectivity index (χ0v) is 14.4. The maximum Gasteiger partial charge on any atom is 0.221 e. The van der Waals surface area contributed by atoms with Gasteiger partial charge < -0.3 is 10.4 Å². The minimum atomic E-state index is -0.456. The Morgan fingerprint density at radius 3 is 2.65 bits per heavy atom. The molecule has 3 unspecified atom stereocenters. The first-order valence-corrected chi connectivity index (χ1v) is 9.66. The van der Waals surface area contributed by atoms with E-state index in [0.29, 0.717) is 18.3 Å². The fourth-order valence-corrected chi connectivity index (χ4v) is 6.59. The summed E-state index contributed by atoms with van der Waals surface area (Å²) in [7, 11) is 0. The van der Waals surface area contributed by atoms with Crippen molar-refractivity contribution >= 4 is 5.91 Å². The minimum Gasteiger partial charge on any atom is -0.390 e. The van der Waals surface area contributed by atoms with Crippen LogP contribution >= 0.6 is 0 Å². The Kier molecular flexibility index (Phi) is 3.83. The predicted octanol–water partition coefficient (Wildman–Crippen LogP) is 3.71. The average molecular weight is 317 g/mol. The molecule has 0 saturated heterocycles. The molecule has 0 heterocycles. The van der Waals surface area contributed by atoms with Gasteiger partial charge in [-0.15, -0.1) is 0 Å². The van der Waals surface area contributed by atoms with Crippen LogP contribution in [0.1, 0.15) is 77.6 Å². The van der Waals surface area contributed by atoms with Crippen molar-refractivity contribution in [3.63, 3.8) is 0 Å². The molecule has 0 aromatic carbocycles. The van der Waals surface area contributed by atoms with Gasteiger partial charge in [0.05, 0.1) is 5.60 Å². The molecule has 128 valence electrons. The number of allylic oxidation sites excluding steroid dienone is 1. The van der Waals surface area contributed by atoms with Crippen LogP contribution in [0.2, 0.25) is 0 Å². The summed E-state index contributed by atoms with van der Waals surface area (Å²) in [6, 6.07) is 0.180. The Morgan fingerprint density at radius 2 is 2.04 bits per heavy atom. The average Bonchev–Trinajstić information content (AvgIpc) is 2.44. The van der Waals surface area contributed by atoms with Crippen molar-refractivity contribution in [2.45, 2.75) is 89.2 Å². The molecule has 4 fully saturated rings. The number of aliphatic hydroxyl groups is 1. The molecular weight excluding hydrogens is 286 g/mol. The second-order valence-corrected chi connectivity index (χ2v) is 9.18. The molecule has 5 rings (SSSR count). The number of carbonyl (C=O) groups excluding carboxylic acids is 1. The molecule has 5 aliphatic rings. The lowest BCUT2D eigenvalue weighted by atomic mass is 9.47. The van der Waals surface area contributed by atoms with E-state index in [9.17, 15) is 9.90 Å². The molecule has 0 aliphatic heterocycles. The van der Waals surface area contributed by atoms with E-state index in [1.165, 1.54) is 24.8 Å². The van der Waals surface area contributed by atoms with Crippen molar-refractivity contribution in [3.05, 3.63) is 11.6 Å². The van der Waals surface area contributed by atoms with Crippen molar-refractivity contribution in [1.82, 2.24) is 5.32 Å². The monoisotopic (exact) mass is 317 g/mol. The highest BCUT2D eigenvalue weighted by molar-refractivity contribution is 5.77. The molecule has 2 N–H and O–H groups in total. The first-order valence-electron chi connectivity index (χ1n) is 9.66. The summed E-state index contributed by atoms with van der Waals surface area (Å²) in [4.78, 5) is 12.7. The summed E-state index contributed by atoms with van der Waals surface area (Å²) < 4.78 is 0. The molecule has 0 aromatic heterocycles. The Hall–Kier alpha value is -0.830. The molecule has 0 spiro atoms. The zero-order chi connectivity index (χ0) is 16.1. The second-order valence-electron chi connectivity index (χ2n) is 9.18. The molecule has 3 atom stereocenters. The van der Waals surface area contributed by atoms with E-state index < -0.39 is 5.60 Å². The lowest BCUT2D eigenvalue weighted by Gasteiger charge is -2.60. The van der Waals surface area contributed by atoms with Crippen LogP contribution in [0.15, 0.2) is 11.6 Å². The van der Waals surface area contributed by atoms with Crippen molar-refractivity contribution in [3.8, 4) is 0 Å². The molecule has 4 saturated carbocycles. The number of nitrogens with one attached hydrogen (secondary N) is 1. The number of hydrogen-bond acceptors (Lipinski definition) is 2. The lowest BCUT2D eigenvalue weighted by molar-refractivity contribution is -0.169. The first-order chi connectivity index (χ1) is 11.0. The standard InChI is InChI=1S/C20H31NO2/c1-14(17-5-3-2-4-6-17)21-18(22)12-19-8-15-7-16(9-19)11-20(23,10-15)13-19/h5,14-16,23H,2-4,6-13H2,1H3,(H,21,22). The maximum atomic E-state index is 12.7. The summed E-state index contributed by atoms with van der Waals surface area (Å²) in [5.41, 5.74) is 1.04. The van der Waals surface area contributed by atoms with E-state index in [4.69, 9.17) is 0 Å². The van der Waals surface area contributed by atoms with Crippen LogP contribution in [0, 0.1) is 17.3 Å². The third kappa shape index (κ3) is 3.09. The first kappa shape index (κ1) is 15.7. The summed E-state index contributed by atoms with van der Waals surface area (Å²) in [6.07, 6.45) is 14.2. The van der Waals surface area contributed by atoms with E-state index in [0.717, 1.165) is 44.9 Å². The molecule has 0 aromatic rings. The fourth-order valence-electron chi connectivity index (χ4n) is 6.59. The van der Waals surface area contributed by atoms with Crippen molar-refractivity contribution in [2.24, 2.45) is 17.3 Å². The fraction of sp³-hybridized carbons (Fsp3) is 0.850. The van der Waals surface area contributed by atoms with Gasteiger partial charge in [-0.3, -0.25) is 4.79 Å². The van der Waals surface area contributed by atoms with Gasteiger partial charge in [-0.25, -0.2) is 0 Å².